The number of nitro groups is 1. The third-order valence-electron chi connectivity index (χ3n) is 3.58. The van der Waals surface area contributed by atoms with Gasteiger partial charge in [-0.1, -0.05) is 12.8 Å². The summed E-state index contributed by atoms with van der Waals surface area (Å²) in [6.45, 7) is 0. The van der Waals surface area contributed by atoms with E-state index >= 15 is 0 Å². The number of non-ortho nitro benzene ring substituents is 1. The Balaban J connectivity index is 2.01. The van der Waals surface area contributed by atoms with Gasteiger partial charge in [0.05, 0.1) is 10.3 Å². The van der Waals surface area contributed by atoms with Crippen molar-refractivity contribution in [3.63, 3.8) is 0 Å². The number of hydrogen-bond acceptors (Lipinski definition) is 4. The molecule has 1 aromatic rings. The number of carboxylic acids is 1. The van der Waals surface area contributed by atoms with Gasteiger partial charge in [0.2, 0.25) is 0 Å². The second kappa shape index (κ2) is 5.61. The molecule has 19 heavy (non-hydrogen) atoms. The SMILES string of the molecule is O=C(O)C1(CSc2ccc([N+](=O)[O-])cc2)CCCC1. The molecule has 0 aliphatic heterocycles. The molecule has 0 aromatic heterocycles. The molecule has 1 saturated carbocycles. The number of benzene rings is 1. The van der Waals surface area contributed by atoms with Gasteiger partial charge in [-0.2, -0.15) is 0 Å². The summed E-state index contributed by atoms with van der Waals surface area (Å²) in [6.07, 6.45) is 3.38. The summed E-state index contributed by atoms with van der Waals surface area (Å²) in [4.78, 5) is 22.4. The molecular weight excluding hydrogens is 266 g/mol. The van der Waals surface area contributed by atoms with Crippen molar-refractivity contribution in [3.8, 4) is 0 Å². The second-order valence-corrected chi connectivity index (χ2v) is 5.88. The standard InChI is InChI=1S/C13H15NO4S/c15-12(16)13(7-1-2-8-13)9-19-11-5-3-10(4-6-11)14(17)18/h3-6H,1-2,7-9H2,(H,15,16). The predicted molar refractivity (Wildman–Crippen MR) is 72.4 cm³/mol. The van der Waals surface area contributed by atoms with Crippen LogP contribution in [0.15, 0.2) is 29.2 Å². The van der Waals surface area contributed by atoms with E-state index in [2.05, 4.69) is 0 Å². The van der Waals surface area contributed by atoms with Crippen LogP contribution in [0.1, 0.15) is 25.7 Å². The van der Waals surface area contributed by atoms with Gasteiger partial charge in [-0.3, -0.25) is 14.9 Å². The Morgan fingerprint density at radius 1 is 1.32 bits per heavy atom. The van der Waals surface area contributed by atoms with E-state index in [1.165, 1.54) is 23.9 Å². The second-order valence-electron chi connectivity index (χ2n) is 4.83. The molecule has 0 radical (unpaired) electrons. The minimum atomic E-state index is -0.723. The Kier molecular flexibility index (Phi) is 4.09. The Morgan fingerprint density at radius 2 is 1.89 bits per heavy atom. The van der Waals surface area contributed by atoms with Crippen LogP contribution >= 0.6 is 11.8 Å². The fourth-order valence-electron chi connectivity index (χ4n) is 2.36. The number of thioether (sulfide) groups is 1. The first kappa shape index (κ1) is 13.9. The highest BCUT2D eigenvalue weighted by atomic mass is 32.2. The summed E-state index contributed by atoms with van der Waals surface area (Å²) < 4.78 is 0. The van der Waals surface area contributed by atoms with Crippen molar-refractivity contribution in [2.45, 2.75) is 30.6 Å². The van der Waals surface area contributed by atoms with E-state index < -0.39 is 16.3 Å². The molecule has 0 saturated heterocycles. The van der Waals surface area contributed by atoms with Crippen LogP contribution in [0.4, 0.5) is 5.69 Å². The maximum absolute atomic E-state index is 11.4. The molecule has 0 bridgehead atoms. The molecule has 2 rings (SSSR count). The average Bonchev–Trinajstić information content (AvgIpc) is 2.87. The topological polar surface area (TPSA) is 80.4 Å². The zero-order chi connectivity index (χ0) is 13.9. The van der Waals surface area contributed by atoms with E-state index in [4.69, 9.17) is 0 Å². The summed E-state index contributed by atoms with van der Waals surface area (Å²) in [5.41, 5.74) is -0.565. The van der Waals surface area contributed by atoms with E-state index in [0.717, 1.165) is 30.6 Å². The van der Waals surface area contributed by atoms with Gasteiger partial charge < -0.3 is 5.11 Å². The summed E-state index contributed by atoms with van der Waals surface area (Å²) in [5, 5.41) is 19.9. The molecule has 5 nitrogen and oxygen atoms in total. The molecule has 0 amide bonds. The minimum absolute atomic E-state index is 0.0539. The smallest absolute Gasteiger partial charge is 0.310 e. The number of rotatable bonds is 5. The van der Waals surface area contributed by atoms with Gasteiger partial charge in [-0.15, -0.1) is 11.8 Å². The first-order chi connectivity index (χ1) is 9.03. The van der Waals surface area contributed by atoms with E-state index in [0.29, 0.717) is 5.75 Å². The Morgan fingerprint density at radius 3 is 2.37 bits per heavy atom. The normalized spacial score (nSPS) is 17.3. The third kappa shape index (κ3) is 3.07. The molecule has 0 heterocycles. The fraction of sp³-hybridized carbons (Fsp3) is 0.462. The largest absolute Gasteiger partial charge is 0.481 e. The van der Waals surface area contributed by atoms with Crippen LogP contribution in [0.25, 0.3) is 0 Å². The van der Waals surface area contributed by atoms with Gasteiger partial charge in [-0.25, -0.2) is 0 Å². The van der Waals surface area contributed by atoms with Crippen LogP contribution in [0.3, 0.4) is 0 Å². The highest BCUT2D eigenvalue weighted by molar-refractivity contribution is 7.99. The van der Waals surface area contributed by atoms with Gasteiger partial charge in [0.1, 0.15) is 0 Å². The average molecular weight is 281 g/mol. The molecular formula is C13H15NO4S. The molecule has 0 spiro atoms. The number of aliphatic carboxylic acids is 1. The molecule has 1 aliphatic carbocycles. The van der Waals surface area contributed by atoms with Crippen molar-refractivity contribution < 1.29 is 14.8 Å². The Labute approximate surface area is 115 Å². The number of carbonyl (C=O) groups is 1. The molecule has 102 valence electrons. The third-order valence-corrected chi connectivity index (χ3v) is 4.88. The monoisotopic (exact) mass is 281 g/mol. The zero-order valence-corrected chi connectivity index (χ0v) is 11.2. The molecule has 0 unspecified atom stereocenters. The lowest BCUT2D eigenvalue weighted by Gasteiger charge is -2.22. The lowest BCUT2D eigenvalue weighted by molar-refractivity contribution is -0.384. The van der Waals surface area contributed by atoms with E-state index in [9.17, 15) is 20.0 Å². The van der Waals surface area contributed by atoms with Crippen LogP contribution in [0, 0.1) is 15.5 Å². The molecule has 1 aromatic carbocycles. The van der Waals surface area contributed by atoms with Crippen LogP contribution in [-0.4, -0.2) is 21.8 Å². The van der Waals surface area contributed by atoms with Crippen LogP contribution in [0.2, 0.25) is 0 Å². The number of nitro benzene ring substituents is 1. The number of hydrogen-bond donors (Lipinski definition) is 1. The quantitative estimate of drug-likeness (QED) is 0.508. The van der Waals surface area contributed by atoms with E-state index in [-0.39, 0.29) is 5.69 Å². The Hall–Kier alpha value is -1.56. The Bertz CT molecular complexity index is 480. The van der Waals surface area contributed by atoms with Crippen LogP contribution in [-0.2, 0) is 4.79 Å². The van der Waals surface area contributed by atoms with Crippen LogP contribution < -0.4 is 0 Å². The molecule has 1 fully saturated rings. The van der Waals surface area contributed by atoms with Crippen molar-refractivity contribution in [2.24, 2.45) is 5.41 Å². The maximum atomic E-state index is 11.4. The van der Waals surface area contributed by atoms with Crippen molar-refractivity contribution in [1.82, 2.24) is 0 Å². The predicted octanol–water partition coefficient (Wildman–Crippen LogP) is 3.33. The van der Waals surface area contributed by atoms with Gasteiger partial charge in [0, 0.05) is 22.8 Å². The van der Waals surface area contributed by atoms with Crippen molar-refractivity contribution in [2.75, 3.05) is 5.75 Å². The number of nitrogens with zero attached hydrogens (tertiary/aromatic N) is 1. The number of carboxylic acid groups (broad SMARTS) is 1. The minimum Gasteiger partial charge on any atom is -0.481 e. The lowest BCUT2D eigenvalue weighted by atomic mass is 9.89. The lowest BCUT2D eigenvalue weighted by Crippen LogP contribution is -2.30. The first-order valence-electron chi connectivity index (χ1n) is 6.14. The van der Waals surface area contributed by atoms with Gasteiger partial charge in [-0.05, 0) is 25.0 Å². The highest BCUT2D eigenvalue weighted by Crippen LogP contribution is 2.42. The first-order valence-corrected chi connectivity index (χ1v) is 7.13. The van der Waals surface area contributed by atoms with Crippen molar-refractivity contribution >= 4 is 23.4 Å². The molecule has 0 atom stereocenters. The molecule has 1 N–H and O–H groups in total. The van der Waals surface area contributed by atoms with Gasteiger partial charge in [0.15, 0.2) is 0 Å². The summed E-state index contributed by atoms with van der Waals surface area (Å²) in [7, 11) is 0. The van der Waals surface area contributed by atoms with Gasteiger partial charge >= 0.3 is 5.97 Å². The fourth-order valence-corrected chi connectivity index (χ4v) is 3.54. The molecule has 6 heteroatoms. The van der Waals surface area contributed by atoms with E-state index in [1.807, 2.05) is 0 Å². The highest BCUT2D eigenvalue weighted by Gasteiger charge is 2.41. The summed E-state index contributed by atoms with van der Waals surface area (Å²) in [5.74, 6) is -0.195. The van der Waals surface area contributed by atoms with Crippen molar-refractivity contribution in [1.29, 1.82) is 0 Å². The van der Waals surface area contributed by atoms with E-state index in [1.54, 1.807) is 12.1 Å². The van der Waals surface area contributed by atoms with Gasteiger partial charge in [0.25, 0.3) is 5.69 Å². The molecule has 1 aliphatic rings. The maximum Gasteiger partial charge on any atom is 0.310 e. The zero-order valence-electron chi connectivity index (χ0n) is 10.4. The van der Waals surface area contributed by atoms with Crippen molar-refractivity contribution in [3.05, 3.63) is 34.4 Å². The van der Waals surface area contributed by atoms with Crippen LogP contribution in [0.5, 0.6) is 0 Å². The summed E-state index contributed by atoms with van der Waals surface area (Å²) >= 11 is 1.46. The summed E-state index contributed by atoms with van der Waals surface area (Å²) in [6, 6.07) is 6.25.